The van der Waals surface area contributed by atoms with E-state index in [1.807, 2.05) is 13.8 Å². The summed E-state index contributed by atoms with van der Waals surface area (Å²) in [5, 5.41) is 2.49. The minimum Gasteiger partial charge on any atom is -0.353 e. The summed E-state index contributed by atoms with van der Waals surface area (Å²) >= 11 is 5.61. The quantitative estimate of drug-likeness (QED) is 0.847. The van der Waals surface area contributed by atoms with Crippen molar-refractivity contribution in [3.8, 4) is 0 Å². The van der Waals surface area contributed by atoms with Crippen LogP contribution in [0.25, 0.3) is 0 Å². The van der Waals surface area contributed by atoms with E-state index >= 15 is 0 Å². The van der Waals surface area contributed by atoms with Crippen LogP contribution in [0.4, 0.5) is 13.2 Å². The number of likely N-dealkylation sites (N-methyl/N-ethyl adjacent to an activating group) is 1. The fourth-order valence-corrected chi connectivity index (χ4v) is 2.00. The summed E-state index contributed by atoms with van der Waals surface area (Å²) in [4.78, 5) is 16.4. The Balaban J connectivity index is 2.74. The molecule has 0 radical (unpaired) electrons. The second-order valence-corrected chi connectivity index (χ2v) is 5.46. The van der Waals surface area contributed by atoms with Crippen LogP contribution >= 0.6 is 11.6 Å². The van der Waals surface area contributed by atoms with Gasteiger partial charge in [0.25, 0.3) is 0 Å². The lowest BCUT2D eigenvalue weighted by Gasteiger charge is -2.18. The van der Waals surface area contributed by atoms with E-state index in [4.69, 9.17) is 11.6 Å². The van der Waals surface area contributed by atoms with Crippen molar-refractivity contribution in [3.63, 3.8) is 0 Å². The minimum atomic E-state index is -4.55. The van der Waals surface area contributed by atoms with Gasteiger partial charge in [-0.05, 0) is 38.6 Å². The number of hydrogen-bond donors (Lipinski definition) is 1. The molecule has 0 aliphatic heterocycles. The van der Waals surface area contributed by atoms with E-state index in [0.717, 1.165) is 6.07 Å². The molecule has 0 aliphatic carbocycles. The van der Waals surface area contributed by atoms with Gasteiger partial charge in [0.15, 0.2) is 0 Å². The van der Waals surface area contributed by atoms with Gasteiger partial charge in [0, 0.05) is 12.6 Å². The maximum absolute atomic E-state index is 12.6. The molecule has 118 valence electrons. The zero-order chi connectivity index (χ0) is 16.2. The zero-order valence-corrected chi connectivity index (χ0v) is 12.7. The van der Waals surface area contributed by atoms with Gasteiger partial charge >= 0.3 is 6.18 Å². The number of pyridine rings is 1. The first-order valence-corrected chi connectivity index (χ1v) is 6.67. The first-order chi connectivity index (χ1) is 9.57. The number of carbonyl (C=O) groups excluding carboxylic acids is 1. The molecule has 21 heavy (non-hydrogen) atoms. The summed E-state index contributed by atoms with van der Waals surface area (Å²) in [6.07, 6.45) is -4.55. The number of hydrogen-bond acceptors (Lipinski definition) is 3. The van der Waals surface area contributed by atoms with E-state index < -0.39 is 11.9 Å². The van der Waals surface area contributed by atoms with Crippen molar-refractivity contribution in [2.45, 2.75) is 32.6 Å². The van der Waals surface area contributed by atoms with E-state index in [1.165, 1.54) is 6.07 Å². The average Bonchev–Trinajstić information content (AvgIpc) is 2.24. The minimum absolute atomic E-state index is 0.0121. The number of alkyl halides is 3. The molecule has 4 nitrogen and oxygen atoms in total. The Morgan fingerprint density at radius 2 is 2.05 bits per heavy atom. The van der Waals surface area contributed by atoms with Gasteiger partial charge in [-0.1, -0.05) is 11.6 Å². The SMILES string of the molecule is CC(C)NC(=O)CN(C)Cc1cc(Cl)nc(C(F)(F)F)c1. The van der Waals surface area contributed by atoms with Crippen LogP contribution in [-0.4, -0.2) is 35.4 Å². The van der Waals surface area contributed by atoms with Crippen molar-refractivity contribution >= 4 is 17.5 Å². The monoisotopic (exact) mass is 323 g/mol. The number of amides is 1. The highest BCUT2D eigenvalue weighted by atomic mass is 35.5. The molecule has 0 bridgehead atoms. The van der Waals surface area contributed by atoms with Crippen molar-refractivity contribution in [2.24, 2.45) is 0 Å². The van der Waals surface area contributed by atoms with Gasteiger partial charge in [-0.3, -0.25) is 9.69 Å². The average molecular weight is 324 g/mol. The van der Waals surface area contributed by atoms with Gasteiger partial charge < -0.3 is 5.32 Å². The standard InChI is InChI=1S/C13H17ClF3N3O/c1-8(2)18-12(21)7-20(3)6-9-4-10(13(15,16)17)19-11(14)5-9/h4-5,8H,6-7H2,1-3H3,(H,18,21). The zero-order valence-electron chi connectivity index (χ0n) is 12.0. The molecule has 0 aliphatic rings. The van der Waals surface area contributed by atoms with Crippen molar-refractivity contribution in [1.29, 1.82) is 0 Å². The van der Waals surface area contributed by atoms with Crippen LogP contribution in [0.1, 0.15) is 25.1 Å². The van der Waals surface area contributed by atoms with Crippen LogP contribution < -0.4 is 5.32 Å². The predicted octanol–water partition coefficient (Wildman–Crippen LogP) is 2.71. The Morgan fingerprint density at radius 1 is 1.43 bits per heavy atom. The third kappa shape index (κ3) is 6.31. The molecule has 0 unspecified atom stereocenters. The fraction of sp³-hybridized carbons (Fsp3) is 0.538. The molecule has 1 aromatic rings. The maximum Gasteiger partial charge on any atom is 0.433 e. The van der Waals surface area contributed by atoms with Crippen LogP contribution in [0, 0.1) is 0 Å². The number of nitrogens with zero attached hydrogens (tertiary/aromatic N) is 2. The summed E-state index contributed by atoms with van der Waals surface area (Å²) in [5.74, 6) is -0.191. The largest absolute Gasteiger partial charge is 0.433 e. The highest BCUT2D eigenvalue weighted by molar-refractivity contribution is 6.29. The summed E-state index contributed by atoms with van der Waals surface area (Å²) in [6, 6.07) is 2.30. The number of nitrogens with one attached hydrogen (secondary N) is 1. The summed E-state index contributed by atoms with van der Waals surface area (Å²) in [7, 11) is 1.64. The topological polar surface area (TPSA) is 45.2 Å². The third-order valence-corrected chi connectivity index (χ3v) is 2.65. The Hall–Kier alpha value is -1.34. The van der Waals surface area contributed by atoms with Gasteiger partial charge in [0.2, 0.25) is 5.91 Å². The normalized spacial score (nSPS) is 12.0. The molecule has 0 spiro atoms. The third-order valence-electron chi connectivity index (χ3n) is 2.46. The lowest BCUT2D eigenvalue weighted by molar-refractivity contribution is -0.141. The fourth-order valence-electron chi connectivity index (χ4n) is 1.77. The van der Waals surface area contributed by atoms with Crippen molar-refractivity contribution in [3.05, 3.63) is 28.5 Å². The summed E-state index contributed by atoms with van der Waals surface area (Å²) < 4.78 is 37.9. The predicted molar refractivity (Wildman–Crippen MR) is 73.9 cm³/mol. The van der Waals surface area contributed by atoms with E-state index in [1.54, 1.807) is 11.9 Å². The van der Waals surface area contributed by atoms with Crippen LogP contribution in [0.2, 0.25) is 5.15 Å². The number of aromatic nitrogens is 1. The highest BCUT2D eigenvalue weighted by Crippen LogP contribution is 2.29. The highest BCUT2D eigenvalue weighted by Gasteiger charge is 2.33. The molecular weight excluding hydrogens is 307 g/mol. The first-order valence-electron chi connectivity index (χ1n) is 6.29. The molecule has 0 saturated heterocycles. The Morgan fingerprint density at radius 3 is 2.57 bits per heavy atom. The maximum atomic E-state index is 12.6. The Bertz CT molecular complexity index is 506. The molecule has 1 aromatic heterocycles. The molecule has 0 fully saturated rings. The summed E-state index contributed by atoms with van der Waals surface area (Å²) in [6.45, 7) is 3.91. The van der Waals surface area contributed by atoms with Crippen LogP contribution in [0.5, 0.6) is 0 Å². The smallest absolute Gasteiger partial charge is 0.353 e. The number of halogens is 4. The summed E-state index contributed by atoms with van der Waals surface area (Å²) in [5.41, 5.74) is -0.688. The molecule has 0 aromatic carbocycles. The second kappa shape index (κ2) is 7.09. The van der Waals surface area contributed by atoms with Gasteiger partial charge in [-0.15, -0.1) is 0 Å². The number of carbonyl (C=O) groups is 1. The molecule has 0 atom stereocenters. The van der Waals surface area contributed by atoms with E-state index in [0.29, 0.717) is 5.56 Å². The van der Waals surface area contributed by atoms with Crippen LogP contribution in [0.3, 0.4) is 0 Å². The van der Waals surface area contributed by atoms with Gasteiger partial charge in [-0.2, -0.15) is 13.2 Å². The van der Waals surface area contributed by atoms with Gasteiger partial charge in [-0.25, -0.2) is 4.98 Å². The molecular formula is C13H17ClF3N3O. The van der Waals surface area contributed by atoms with Crippen molar-refractivity contribution in [2.75, 3.05) is 13.6 Å². The van der Waals surface area contributed by atoms with Crippen LogP contribution in [-0.2, 0) is 17.5 Å². The molecule has 0 saturated carbocycles. The van der Waals surface area contributed by atoms with E-state index in [9.17, 15) is 18.0 Å². The molecule has 1 rings (SSSR count). The van der Waals surface area contributed by atoms with E-state index in [-0.39, 0.29) is 30.2 Å². The van der Waals surface area contributed by atoms with Crippen molar-refractivity contribution in [1.82, 2.24) is 15.2 Å². The molecule has 1 heterocycles. The second-order valence-electron chi connectivity index (χ2n) is 5.08. The Labute approximate surface area is 126 Å². The van der Waals surface area contributed by atoms with Crippen LogP contribution in [0.15, 0.2) is 12.1 Å². The molecule has 8 heteroatoms. The van der Waals surface area contributed by atoms with Crippen molar-refractivity contribution < 1.29 is 18.0 Å². The van der Waals surface area contributed by atoms with Gasteiger partial charge in [0.05, 0.1) is 6.54 Å². The number of rotatable bonds is 5. The lowest BCUT2D eigenvalue weighted by atomic mass is 10.2. The molecule has 1 N–H and O–H groups in total. The Kier molecular flexibility index (Phi) is 5.98. The van der Waals surface area contributed by atoms with Gasteiger partial charge in [0.1, 0.15) is 10.8 Å². The van der Waals surface area contributed by atoms with E-state index in [2.05, 4.69) is 10.3 Å². The molecule has 1 amide bonds. The first kappa shape index (κ1) is 17.7. The lowest BCUT2D eigenvalue weighted by Crippen LogP contribution is -2.38.